The van der Waals surface area contributed by atoms with Gasteiger partial charge in [-0.15, -0.1) is 0 Å². The van der Waals surface area contributed by atoms with Crippen molar-refractivity contribution in [3.63, 3.8) is 0 Å². The van der Waals surface area contributed by atoms with Gasteiger partial charge in [-0.1, -0.05) is 12.1 Å². The molecule has 0 saturated heterocycles. The highest BCUT2D eigenvalue weighted by Gasteiger charge is 2.04. The van der Waals surface area contributed by atoms with Gasteiger partial charge in [0.15, 0.2) is 0 Å². The van der Waals surface area contributed by atoms with E-state index in [1.54, 1.807) is 19.5 Å². The van der Waals surface area contributed by atoms with E-state index in [-0.39, 0.29) is 5.91 Å². The van der Waals surface area contributed by atoms with E-state index in [4.69, 9.17) is 4.74 Å². The van der Waals surface area contributed by atoms with Crippen LogP contribution in [-0.4, -0.2) is 23.2 Å². The van der Waals surface area contributed by atoms with E-state index >= 15 is 0 Å². The van der Waals surface area contributed by atoms with Gasteiger partial charge in [-0.25, -0.2) is 0 Å². The summed E-state index contributed by atoms with van der Waals surface area (Å²) >= 11 is 0. The number of nitrogens with one attached hydrogen (secondary N) is 2. The molecule has 2 N–H and O–H groups in total. The van der Waals surface area contributed by atoms with Gasteiger partial charge in [0, 0.05) is 6.20 Å². The number of hydrogen-bond acceptors (Lipinski definition) is 3. The molecule has 5 nitrogen and oxygen atoms in total. The predicted octanol–water partition coefficient (Wildman–Crippen LogP) is 1.60. The standard InChI is InChI=1S/C12H13N3O2/c1-17-11-4-2-9(3-5-11)6-12(16)15-10-7-13-14-8-10/h2-5,7-8H,6H2,1H3,(H,13,14)(H,15,16). The van der Waals surface area contributed by atoms with Crippen LogP contribution in [0.1, 0.15) is 5.56 Å². The maximum Gasteiger partial charge on any atom is 0.228 e. The molecule has 17 heavy (non-hydrogen) atoms. The number of benzene rings is 1. The average molecular weight is 231 g/mol. The molecule has 0 atom stereocenters. The number of anilines is 1. The normalized spacial score (nSPS) is 9.94. The highest BCUT2D eigenvalue weighted by atomic mass is 16.5. The van der Waals surface area contributed by atoms with Gasteiger partial charge in [0.05, 0.1) is 25.4 Å². The van der Waals surface area contributed by atoms with Crippen molar-refractivity contribution in [2.75, 3.05) is 12.4 Å². The summed E-state index contributed by atoms with van der Waals surface area (Å²) in [5, 5.41) is 9.12. The first-order valence-corrected chi connectivity index (χ1v) is 5.19. The molecule has 1 amide bonds. The van der Waals surface area contributed by atoms with E-state index in [0.29, 0.717) is 12.1 Å². The number of aromatic amines is 1. The number of amides is 1. The van der Waals surface area contributed by atoms with Gasteiger partial charge in [0.2, 0.25) is 5.91 Å². The monoisotopic (exact) mass is 231 g/mol. The number of rotatable bonds is 4. The van der Waals surface area contributed by atoms with Gasteiger partial charge in [-0.2, -0.15) is 5.10 Å². The SMILES string of the molecule is COc1ccc(CC(=O)Nc2cn[nH]c2)cc1. The van der Waals surface area contributed by atoms with Crippen LogP contribution in [0.2, 0.25) is 0 Å². The first kappa shape index (κ1) is 11.2. The van der Waals surface area contributed by atoms with Crippen molar-refractivity contribution in [3.8, 4) is 5.75 Å². The maximum absolute atomic E-state index is 11.7. The Bertz CT molecular complexity index is 477. The van der Waals surface area contributed by atoms with E-state index in [1.165, 1.54) is 0 Å². The average Bonchev–Trinajstić information content (AvgIpc) is 2.82. The van der Waals surface area contributed by atoms with Crippen LogP contribution in [0.15, 0.2) is 36.7 Å². The number of methoxy groups -OCH3 is 1. The molecule has 88 valence electrons. The largest absolute Gasteiger partial charge is 0.497 e. The Kier molecular flexibility index (Phi) is 3.40. The summed E-state index contributed by atoms with van der Waals surface area (Å²) in [7, 11) is 1.61. The van der Waals surface area contributed by atoms with Gasteiger partial charge in [0.1, 0.15) is 5.75 Å². The third kappa shape index (κ3) is 3.07. The van der Waals surface area contributed by atoms with Crippen LogP contribution < -0.4 is 10.1 Å². The van der Waals surface area contributed by atoms with Gasteiger partial charge in [-0.3, -0.25) is 9.89 Å². The zero-order valence-corrected chi connectivity index (χ0v) is 9.43. The molecule has 1 aromatic carbocycles. The highest BCUT2D eigenvalue weighted by Crippen LogP contribution is 2.12. The zero-order chi connectivity index (χ0) is 12.1. The maximum atomic E-state index is 11.7. The van der Waals surface area contributed by atoms with Crippen molar-refractivity contribution in [2.45, 2.75) is 6.42 Å². The minimum absolute atomic E-state index is 0.0726. The van der Waals surface area contributed by atoms with Gasteiger partial charge in [-0.05, 0) is 17.7 Å². The number of H-pyrrole nitrogens is 1. The zero-order valence-electron chi connectivity index (χ0n) is 9.43. The van der Waals surface area contributed by atoms with E-state index in [2.05, 4.69) is 15.5 Å². The van der Waals surface area contributed by atoms with E-state index < -0.39 is 0 Å². The second-order valence-corrected chi connectivity index (χ2v) is 3.56. The minimum atomic E-state index is -0.0726. The Morgan fingerprint density at radius 1 is 1.41 bits per heavy atom. The van der Waals surface area contributed by atoms with Gasteiger partial charge >= 0.3 is 0 Å². The second-order valence-electron chi connectivity index (χ2n) is 3.56. The number of hydrogen-bond donors (Lipinski definition) is 2. The number of aromatic nitrogens is 2. The Labute approximate surface area is 98.8 Å². The molecular weight excluding hydrogens is 218 g/mol. The highest BCUT2D eigenvalue weighted by molar-refractivity contribution is 5.91. The van der Waals surface area contributed by atoms with Gasteiger partial charge < -0.3 is 10.1 Å². The van der Waals surface area contributed by atoms with Crippen LogP contribution in [0.3, 0.4) is 0 Å². The molecule has 5 heteroatoms. The number of ether oxygens (including phenoxy) is 1. The molecule has 0 radical (unpaired) electrons. The fourth-order valence-corrected chi connectivity index (χ4v) is 1.45. The van der Waals surface area contributed by atoms with Crippen LogP contribution >= 0.6 is 0 Å². The first-order valence-electron chi connectivity index (χ1n) is 5.19. The van der Waals surface area contributed by atoms with Crippen molar-refractivity contribution in [2.24, 2.45) is 0 Å². The van der Waals surface area contributed by atoms with Crippen molar-refractivity contribution in [1.29, 1.82) is 0 Å². The lowest BCUT2D eigenvalue weighted by atomic mass is 10.1. The predicted molar refractivity (Wildman–Crippen MR) is 63.9 cm³/mol. The van der Waals surface area contributed by atoms with Crippen LogP contribution in [0.25, 0.3) is 0 Å². The topological polar surface area (TPSA) is 67.0 Å². The molecular formula is C12H13N3O2. The summed E-state index contributed by atoms with van der Waals surface area (Å²) in [6.45, 7) is 0. The fraction of sp³-hybridized carbons (Fsp3) is 0.167. The van der Waals surface area contributed by atoms with Crippen LogP contribution in [0.5, 0.6) is 5.75 Å². The lowest BCUT2D eigenvalue weighted by Crippen LogP contribution is -2.13. The van der Waals surface area contributed by atoms with E-state index in [9.17, 15) is 4.79 Å². The van der Waals surface area contributed by atoms with Crippen molar-refractivity contribution in [1.82, 2.24) is 10.2 Å². The van der Waals surface area contributed by atoms with Gasteiger partial charge in [0.25, 0.3) is 0 Å². The van der Waals surface area contributed by atoms with E-state index in [0.717, 1.165) is 11.3 Å². The number of carbonyl (C=O) groups excluding carboxylic acids is 1. The number of nitrogens with zero attached hydrogens (tertiary/aromatic N) is 1. The van der Waals surface area contributed by atoms with Crippen LogP contribution in [0, 0.1) is 0 Å². The van der Waals surface area contributed by atoms with Crippen LogP contribution in [0.4, 0.5) is 5.69 Å². The molecule has 1 aromatic heterocycles. The molecule has 1 heterocycles. The lowest BCUT2D eigenvalue weighted by molar-refractivity contribution is -0.115. The van der Waals surface area contributed by atoms with E-state index in [1.807, 2.05) is 24.3 Å². The summed E-state index contributed by atoms with van der Waals surface area (Å²) in [6, 6.07) is 7.41. The second kappa shape index (κ2) is 5.16. The quantitative estimate of drug-likeness (QED) is 0.839. The molecule has 0 unspecified atom stereocenters. The van der Waals surface area contributed by atoms with Crippen molar-refractivity contribution < 1.29 is 9.53 Å². The Balaban J connectivity index is 1.93. The van der Waals surface area contributed by atoms with Crippen LogP contribution in [-0.2, 0) is 11.2 Å². The molecule has 0 bridgehead atoms. The first-order chi connectivity index (χ1) is 8.28. The Hall–Kier alpha value is -2.30. The minimum Gasteiger partial charge on any atom is -0.497 e. The number of carbonyl (C=O) groups is 1. The fourth-order valence-electron chi connectivity index (χ4n) is 1.45. The van der Waals surface area contributed by atoms with Crippen molar-refractivity contribution in [3.05, 3.63) is 42.2 Å². The molecule has 2 aromatic rings. The summed E-state index contributed by atoms with van der Waals surface area (Å²) in [5.74, 6) is 0.709. The summed E-state index contributed by atoms with van der Waals surface area (Å²) < 4.78 is 5.05. The molecule has 0 aliphatic rings. The third-order valence-electron chi connectivity index (χ3n) is 2.31. The Morgan fingerprint density at radius 3 is 2.76 bits per heavy atom. The molecule has 0 saturated carbocycles. The lowest BCUT2D eigenvalue weighted by Gasteiger charge is -2.04. The smallest absolute Gasteiger partial charge is 0.228 e. The summed E-state index contributed by atoms with van der Waals surface area (Å²) in [6.07, 6.45) is 3.52. The molecule has 2 rings (SSSR count). The Morgan fingerprint density at radius 2 is 2.18 bits per heavy atom. The molecule has 0 aliphatic heterocycles. The summed E-state index contributed by atoms with van der Waals surface area (Å²) in [4.78, 5) is 11.7. The molecule has 0 fully saturated rings. The molecule has 0 aliphatic carbocycles. The third-order valence-corrected chi connectivity index (χ3v) is 2.31. The molecule has 0 spiro atoms. The summed E-state index contributed by atoms with van der Waals surface area (Å²) in [5.41, 5.74) is 1.61. The van der Waals surface area contributed by atoms with Crippen molar-refractivity contribution >= 4 is 11.6 Å².